The van der Waals surface area contributed by atoms with E-state index in [0.717, 1.165) is 55.2 Å². The summed E-state index contributed by atoms with van der Waals surface area (Å²) in [5.74, 6) is -0.975. The van der Waals surface area contributed by atoms with Crippen molar-refractivity contribution >= 4 is 6.29 Å². The monoisotopic (exact) mass is 855 g/mol. The van der Waals surface area contributed by atoms with Crippen molar-refractivity contribution in [3.05, 3.63) is 118 Å². The van der Waals surface area contributed by atoms with Gasteiger partial charge in [0.1, 0.15) is 12.4 Å². The van der Waals surface area contributed by atoms with Crippen LogP contribution >= 0.6 is 0 Å². The molecule has 0 saturated heterocycles. The van der Waals surface area contributed by atoms with E-state index in [1.54, 1.807) is 7.11 Å². The summed E-state index contributed by atoms with van der Waals surface area (Å²) in [5, 5.41) is 64.3. The molecule has 62 heavy (non-hydrogen) atoms. The molecule has 7 N–H and O–H groups in total. The molecule has 4 aliphatic carbocycles. The minimum atomic E-state index is -1.56. The molecule has 10 unspecified atom stereocenters. The van der Waals surface area contributed by atoms with Gasteiger partial charge in [-0.25, -0.2) is 0 Å². The lowest BCUT2D eigenvalue weighted by molar-refractivity contribution is -0.233. The van der Waals surface area contributed by atoms with Gasteiger partial charge in [-0.05, 0) is 120 Å². The van der Waals surface area contributed by atoms with Gasteiger partial charge in [-0.15, -0.1) is 0 Å². The van der Waals surface area contributed by atoms with Crippen molar-refractivity contribution in [2.75, 3.05) is 60.3 Å². The molecule has 10 nitrogen and oxygen atoms in total. The molecule has 10 heteroatoms. The van der Waals surface area contributed by atoms with Crippen LogP contribution in [0.3, 0.4) is 0 Å². The molecule has 2 saturated carbocycles. The van der Waals surface area contributed by atoms with Crippen LogP contribution in [0.4, 0.5) is 0 Å². The van der Waals surface area contributed by atoms with Crippen LogP contribution in [0.5, 0.6) is 0 Å². The zero-order valence-corrected chi connectivity index (χ0v) is 37.9. The topological polar surface area (TPSA) is 161 Å². The van der Waals surface area contributed by atoms with Crippen LogP contribution in [0.1, 0.15) is 76.8 Å². The molecule has 1 aliphatic heterocycles. The zero-order chi connectivity index (χ0) is 44.8. The van der Waals surface area contributed by atoms with E-state index in [-0.39, 0.29) is 37.2 Å². The maximum absolute atomic E-state index is 13.6. The number of carbonyl (C=O) groups is 1. The zero-order valence-electron chi connectivity index (χ0n) is 37.9. The number of rotatable bonds is 18. The standard InChI is InChI=1S/C52H74N2O8/c1-36-13-14-41(28-39-10-8-11-40(27-39)29-48(4,54-31-36)23-26-61-6)37(2)9-7-12-43(34-62-35-44(58)33-57)45-16-18-51-47-46(38(3)32-56)42(30-50(51,59)21-24-53-5)15-17-49(47,22-25-55)19-20-52(45,51)60/h7-13,15,17,19-20,27,32,41-42,44-45,47,53-55,57-60H,2,14,16,18,21-26,28-31,33-35H2,1,3-6H3. The second-order valence-corrected chi connectivity index (χ2v) is 19.4. The Balaban J connectivity index is 1.38. The molecule has 5 aliphatic rings. The van der Waals surface area contributed by atoms with Gasteiger partial charge in [0.15, 0.2) is 0 Å². The fourth-order valence-corrected chi connectivity index (χ4v) is 12.1. The highest BCUT2D eigenvalue weighted by molar-refractivity contribution is 5.75. The first-order valence-corrected chi connectivity index (χ1v) is 22.8. The average Bonchev–Trinajstić information content (AvgIpc) is 3.58. The fourth-order valence-electron chi connectivity index (χ4n) is 12.1. The number of fused-ring (bicyclic) bond motifs is 3. The van der Waals surface area contributed by atoms with Crippen LogP contribution in [-0.4, -0.2) is 115 Å². The number of hydrogen-bond acceptors (Lipinski definition) is 10. The van der Waals surface area contributed by atoms with Gasteiger partial charge in [-0.3, -0.25) is 4.79 Å². The number of aliphatic hydroxyl groups excluding tert-OH is 3. The van der Waals surface area contributed by atoms with Crippen molar-refractivity contribution in [3.63, 3.8) is 0 Å². The van der Waals surface area contributed by atoms with Crippen molar-refractivity contribution < 1.29 is 39.8 Å². The van der Waals surface area contributed by atoms with E-state index in [1.165, 1.54) is 16.7 Å². The summed E-state index contributed by atoms with van der Waals surface area (Å²) in [7, 11) is 3.61. The lowest BCUT2D eigenvalue weighted by atomic mass is 9.37. The predicted molar refractivity (Wildman–Crippen MR) is 245 cm³/mol. The molecule has 10 atom stereocenters. The minimum Gasteiger partial charge on any atom is -0.396 e. The van der Waals surface area contributed by atoms with Gasteiger partial charge in [0.2, 0.25) is 0 Å². The van der Waals surface area contributed by atoms with Gasteiger partial charge in [-0.2, -0.15) is 0 Å². The third kappa shape index (κ3) is 9.42. The number of aldehydes is 1. The number of benzene rings is 1. The van der Waals surface area contributed by atoms with Gasteiger partial charge in [0.25, 0.3) is 0 Å². The van der Waals surface area contributed by atoms with Crippen LogP contribution in [0, 0.1) is 34.5 Å². The number of nitrogens with one attached hydrogen (secondary N) is 2. The van der Waals surface area contributed by atoms with Crippen molar-refractivity contribution in [1.29, 1.82) is 0 Å². The molecule has 1 aromatic rings. The highest BCUT2D eigenvalue weighted by Gasteiger charge is 2.77. The molecule has 0 amide bonds. The van der Waals surface area contributed by atoms with Crippen molar-refractivity contribution in [3.8, 4) is 0 Å². The Kier molecular flexibility index (Phi) is 15.7. The molecule has 4 bridgehead atoms. The minimum absolute atomic E-state index is 0.0825. The van der Waals surface area contributed by atoms with Gasteiger partial charge in [-0.1, -0.05) is 96.2 Å². The summed E-state index contributed by atoms with van der Waals surface area (Å²) in [5.41, 5.74) is 2.34. The second kappa shape index (κ2) is 20.3. The average molecular weight is 855 g/mol. The van der Waals surface area contributed by atoms with E-state index >= 15 is 0 Å². The molecule has 1 spiro atoms. The van der Waals surface area contributed by atoms with E-state index in [4.69, 9.17) is 9.47 Å². The molecule has 0 radical (unpaired) electrons. The van der Waals surface area contributed by atoms with E-state index in [9.17, 15) is 30.3 Å². The van der Waals surface area contributed by atoms with Crippen LogP contribution in [0.25, 0.3) is 0 Å². The summed E-state index contributed by atoms with van der Waals surface area (Å²) < 4.78 is 11.6. The van der Waals surface area contributed by atoms with Gasteiger partial charge >= 0.3 is 0 Å². The van der Waals surface area contributed by atoms with E-state index < -0.39 is 46.6 Å². The van der Waals surface area contributed by atoms with Crippen LogP contribution in [0.15, 0.2) is 107 Å². The summed E-state index contributed by atoms with van der Waals surface area (Å²) >= 11 is 0. The fraction of sp³-hybridized carbons (Fsp3) is 0.596. The number of carbonyl (C=O) groups excluding carboxylic acids is 1. The van der Waals surface area contributed by atoms with Gasteiger partial charge in [0.05, 0.1) is 31.0 Å². The summed E-state index contributed by atoms with van der Waals surface area (Å²) in [6.45, 7) is 12.3. The summed E-state index contributed by atoms with van der Waals surface area (Å²) in [6.07, 6.45) is 21.9. The first-order chi connectivity index (χ1) is 29.7. The third-order valence-electron chi connectivity index (χ3n) is 15.3. The number of allylic oxidation sites excluding steroid dienone is 10. The summed E-state index contributed by atoms with van der Waals surface area (Å²) in [4.78, 5) is 12.6. The Labute approximate surface area is 370 Å². The van der Waals surface area contributed by atoms with Crippen LogP contribution < -0.4 is 10.6 Å². The number of methoxy groups -OCH3 is 1. The maximum Gasteiger partial charge on any atom is 0.145 e. The SMILES string of the molecule is C=C(C=CC=C(COCC(O)CO)C1CCC23C4C(=C(C)C=O)C(C=CC4(CCO)C=CC12O)CC3(O)CCNC)C1CC=C(C)CNC(C)(CCOC)Cc2cccc(c2)C1. The Morgan fingerprint density at radius 1 is 1.13 bits per heavy atom. The van der Waals surface area contributed by atoms with E-state index in [0.29, 0.717) is 50.8 Å². The molecule has 1 heterocycles. The normalized spacial score (nSPS) is 35.8. The first-order valence-electron chi connectivity index (χ1n) is 22.8. The molecular weight excluding hydrogens is 781 g/mol. The first kappa shape index (κ1) is 48.2. The molecular formula is C52H74N2O8. The summed E-state index contributed by atoms with van der Waals surface area (Å²) in [6, 6.07) is 8.86. The third-order valence-corrected chi connectivity index (χ3v) is 15.3. The van der Waals surface area contributed by atoms with Crippen LogP contribution in [-0.2, 0) is 27.1 Å². The Hall–Kier alpha value is -3.29. The van der Waals surface area contributed by atoms with Gasteiger partial charge < -0.3 is 45.6 Å². The highest BCUT2D eigenvalue weighted by Crippen LogP contribution is 2.75. The van der Waals surface area contributed by atoms with E-state index in [1.807, 2.05) is 38.3 Å². The lowest BCUT2D eigenvalue weighted by Gasteiger charge is -2.68. The second-order valence-electron chi connectivity index (χ2n) is 19.4. The van der Waals surface area contributed by atoms with E-state index in [2.05, 4.69) is 79.6 Å². The van der Waals surface area contributed by atoms with Crippen molar-refractivity contribution in [2.45, 2.75) is 101 Å². The molecule has 340 valence electrons. The molecule has 0 aromatic heterocycles. The highest BCUT2D eigenvalue weighted by atomic mass is 16.5. The van der Waals surface area contributed by atoms with Crippen molar-refractivity contribution in [1.82, 2.24) is 10.6 Å². The quantitative estimate of drug-likeness (QED) is 0.0425. The Morgan fingerprint density at radius 2 is 1.92 bits per heavy atom. The Bertz CT molecular complexity index is 1950. The Morgan fingerprint density at radius 3 is 2.65 bits per heavy atom. The van der Waals surface area contributed by atoms with Gasteiger partial charge in [0, 0.05) is 61.0 Å². The lowest BCUT2D eigenvalue weighted by Crippen LogP contribution is -2.72. The smallest absolute Gasteiger partial charge is 0.145 e. The molecule has 2 fully saturated rings. The number of ether oxygens (including phenoxy) is 2. The van der Waals surface area contributed by atoms with Crippen LogP contribution in [0.2, 0.25) is 0 Å². The number of aliphatic hydroxyl groups is 5. The maximum atomic E-state index is 13.6. The molecule has 1 aromatic carbocycles. The predicted octanol–water partition coefficient (Wildman–Crippen LogP) is 5.66. The molecule has 6 rings (SSSR count). The number of hydrogen-bond donors (Lipinski definition) is 7. The largest absolute Gasteiger partial charge is 0.396 e. The van der Waals surface area contributed by atoms with Crippen molar-refractivity contribution in [2.24, 2.45) is 34.5 Å².